The van der Waals surface area contributed by atoms with E-state index >= 15 is 0 Å². The Morgan fingerprint density at radius 2 is 2.10 bits per heavy atom. The van der Waals surface area contributed by atoms with Gasteiger partial charge in [0.05, 0.1) is 10.2 Å². The molecule has 2 aromatic heterocycles. The lowest BCUT2D eigenvalue weighted by Gasteiger charge is -2.00. The van der Waals surface area contributed by atoms with Gasteiger partial charge < -0.3 is 0 Å². The van der Waals surface area contributed by atoms with Gasteiger partial charge in [0, 0.05) is 0 Å². The van der Waals surface area contributed by atoms with E-state index in [-0.39, 0.29) is 5.91 Å². The number of rotatable bonds is 2. The topological polar surface area (TPSA) is 54.9 Å². The number of pyridine rings is 1. The third kappa shape index (κ3) is 2.71. The van der Waals surface area contributed by atoms with Crippen molar-refractivity contribution < 1.29 is 4.79 Å². The smallest absolute Gasteiger partial charge is 0.276 e. The average Bonchev–Trinajstić information content (AvgIpc) is 2.80. The summed E-state index contributed by atoms with van der Waals surface area (Å²) in [6.07, 6.45) is 0. The predicted molar refractivity (Wildman–Crippen MR) is 84.2 cm³/mol. The molecular formula is C14H10BrN3OS. The minimum absolute atomic E-state index is 0.262. The predicted octanol–water partition coefficient (Wildman–Crippen LogP) is 4.01. The van der Waals surface area contributed by atoms with Crippen LogP contribution in [0.3, 0.4) is 0 Å². The number of halogens is 1. The Kier molecular flexibility index (Phi) is 3.50. The molecule has 3 rings (SSSR count). The zero-order valence-electron chi connectivity index (χ0n) is 10.6. The van der Waals surface area contributed by atoms with E-state index in [1.54, 1.807) is 18.2 Å². The molecule has 1 amide bonds. The van der Waals surface area contributed by atoms with E-state index < -0.39 is 0 Å². The number of nitrogens with zero attached hydrogens (tertiary/aromatic N) is 2. The Balaban J connectivity index is 1.87. The lowest BCUT2D eigenvalue weighted by atomic mass is 10.2. The molecule has 100 valence electrons. The highest BCUT2D eigenvalue weighted by Crippen LogP contribution is 2.26. The van der Waals surface area contributed by atoms with Gasteiger partial charge in [-0.1, -0.05) is 23.5 Å². The van der Waals surface area contributed by atoms with Gasteiger partial charge in [0.2, 0.25) is 0 Å². The van der Waals surface area contributed by atoms with Gasteiger partial charge in [-0.05, 0) is 52.7 Å². The van der Waals surface area contributed by atoms with Crippen molar-refractivity contribution in [3.8, 4) is 0 Å². The van der Waals surface area contributed by atoms with Gasteiger partial charge in [-0.25, -0.2) is 9.97 Å². The fourth-order valence-corrected chi connectivity index (χ4v) is 3.08. The van der Waals surface area contributed by atoms with Crippen LogP contribution in [0, 0.1) is 6.92 Å². The summed E-state index contributed by atoms with van der Waals surface area (Å²) in [6.45, 7) is 2.03. The number of anilines is 1. The molecule has 20 heavy (non-hydrogen) atoms. The molecule has 0 aliphatic rings. The average molecular weight is 348 g/mol. The summed E-state index contributed by atoms with van der Waals surface area (Å²) in [7, 11) is 0. The standard InChI is InChI=1S/C14H10BrN3OS/c1-8-5-6-9-11(7-8)20-14(17-9)18-13(19)10-3-2-4-12(15)16-10/h2-7H,1H3,(H,17,18,19). The summed E-state index contributed by atoms with van der Waals surface area (Å²) in [5.41, 5.74) is 2.42. The number of hydrogen-bond acceptors (Lipinski definition) is 4. The van der Waals surface area contributed by atoms with Crippen LogP contribution >= 0.6 is 27.3 Å². The molecule has 4 nitrogen and oxygen atoms in total. The molecule has 6 heteroatoms. The van der Waals surface area contributed by atoms with Gasteiger partial charge >= 0.3 is 0 Å². The van der Waals surface area contributed by atoms with Crippen LogP contribution in [-0.2, 0) is 0 Å². The molecule has 0 spiro atoms. The van der Waals surface area contributed by atoms with E-state index in [1.165, 1.54) is 16.9 Å². The molecule has 0 saturated carbocycles. The molecule has 1 N–H and O–H groups in total. The summed E-state index contributed by atoms with van der Waals surface area (Å²) in [6, 6.07) is 11.2. The van der Waals surface area contributed by atoms with Crippen LogP contribution in [0.2, 0.25) is 0 Å². The largest absolute Gasteiger partial charge is 0.296 e. The number of carbonyl (C=O) groups is 1. The second-order valence-corrected chi connectivity index (χ2v) is 6.13. The van der Waals surface area contributed by atoms with Crippen molar-refractivity contribution in [1.82, 2.24) is 9.97 Å². The van der Waals surface area contributed by atoms with Crippen LogP contribution < -0.4 is 5.32 Å². The minimum Gasteiger partial charge on any atom is -0.296 e. The Hall–Kier alpha value is -1.79. The second-order valence-electron chi connectivity index (χ2n) is 4.29. The molecule has 2 heterocycles. The second kappa shape index (κ2) is 5.30. The maximum absolute atomic E-state index is 12.1. The number of thiazole rings is 1. The van der Waals surface area contributed by atoms with Crippen molar-refractivity contribution in [3.63, 3.8) is 0 Å². The third-order valence-corrected chi connectivity index (χ3v) is 4.09. The first-order valence-corrected chi connectivity index (χ1v) is 7.54. The summed E-state index contributed by atoms with van der Waals surface area (Å²) in [4.78, 5) is 20.6. The van der Waals surface area contributed by atoms with E-state index in [9.17, 15) is 4.79 Å². The highest BCUT2D eigenvalue weighted by atomic mass is 79.9. The molecular weight excluding hydrogens is 338 g/mol. The van der Waals surface area contributed by atoms with Crippen LogP contribution in [0.1, 0.15) is 16.1 Å². The van der Waals surface area contributed by atoms with Crippen molar-refractivity contribution in [2.24, 2.45) is 0 Å². The van der Waals surface area contributed by atoms with Crippen molar-refractivity contribution in [2.75, 3.05) is 5.32 Å². The summed E-state index contributed by atoms with van der Waals surface area (Å²) in [5.74, 6) is -0.262. The van der Waals surface area contributed by atoms with Crippen molar-refractivity contribution >= 4 is 48.5 Å². The van der Waals surface area contributed by atoms with Gasteiger partial charge in [-0.2, -0.15) is 0 Å². The van der Waals surface area contributed by atoms with Crippen LogP contribution in [0.4, 0.5) is 5.13 Å². The van der Waals surface area contributed by atoms with Crippen molar-refractivity contribution in [3.05, 3.63) is 52.3 Å². The van der Waals surface area contributed by atoms with Gasteiger partial charge in [0.25, 0.3) is 5.91 Å². The molecule has 0 unspecified atom stereocenters. The molecule has 0 radical (unpaired) electrons. The molecule has 3 aromatic rings. The van der Waals surface area contributed by atoms with E-state index in [4.69, 9.17) is 0 Å². The summed E-state index contributed by atoms with van der Waals surface area (Å²) in [5, 5.41) is 3.36. The molecule has 1 aromatic carbocycles. The molecule has 0 bridgehead atoms. The van der Waals surface area contributed by atoms with E-state index in [0.717, 1.165) is 10.2 Å². The Morgan fingerprint density at radius 1 is 1.25 bits per heavy atom. The number of fused-ring (bicyclic) bond motifs is 1. The van der Waals surface area contributed by atoms with Crippen LogP contribution in [0.15, 0.2) is 41.0 Å². The lowest BCUT2D eigenvalue weighted by Crippen LogP contribution is -2.13. The fraction of sp³-hybridized carbons (Fsp3) is 0.0714. The lowest BCUT2D eigenvalue weighted by molar-refractivity contribution is 0.102. The van der Waals surface area contributed by atoms with E-state index in [2.05, 4.69) is 37.3 Å². The van der Waals surface area contributed by atoms with Crippen LogP contribution in [0.5, 0.6) is 0 Å². The highest BCUT2D eigenvalue weighted by Gasteiger charge is 2.11. The number of amides is 1. The highest BCUT2D eigenvalue weighted by molar-refractivity contribution is 9.10. The Labute approximate surface area is 128 Å². The SMILES string of the molecule is Cc1ccc2nc(NC(=O)c3cccc(Br)n3)sc2c1. The maximum Gasteiger partial charge on any atom is 0.276 e. The number of benzene rings is 1. The zero-order chi connectivity index (χ0) is 14.1. The minimum atomic E-state index is -0.262. The van der Waals surface area contributed by atoms with Crippen LogP contribution in [0.25, 0.3) is 10.2 Å². The van der Waals surface area contributed by atoms with Gasteiger partial charge in [0.15, 0.2) is 5.13 Å². The third-order valence-electron chi connectivity index (χ3n) is 2.71. The molecule has 0 saturated heterocycles. The van der Waals surface area contributed by atoms with E-state index in [1.807, 2.05) is 19.1 Å². The first-order valence-electron chi connectivity index (χ1n) is 5.93. The first-order chi connectivity index (χ1) is 9.61. The molecule has 0 atom stereocenters. The summed E-state index contributed by atoms with van der Waals surface area (Å²) >= 11 is 4.70. The monoisotopic (exact) mass is 347 g/mol. The van der Waals surface area contributed by atoms with Gasteiger partial charge in [-0.3, -0.25) is 10.1 Å². The number of hydrogen-bond donors (Lipinski definition) is 1. The maximum atomic E-state index is 12.1. The van der Waals surface area contributed by atoms with Crippen molar-refractivity contribution in [2.45, 2.75) is 6.92 Å². The van der Waals surface area contributed by atoms with E-state index in [0.29, 0.717) is 15.4 Å². The van der Waals surface area contributed by atoms with Gasteiger partial charge in [-0.15, -0.1) is 0 Å². The summed E-state index contributed by atoms with van der Waals surface area (Å²) < 4.78 is 1.69. The van der Waals surface area contributed by atoms with Crippen molar-refractivity contribution in [1.29, 1.82) is 0 Å². The first kappa shape index (κ1) is 13.2. The molecule has 0 aliphatic carbocycles. The Morgan fingerprint density at radius 3 is 2.90 bits per heavy atom. The number of aromatic nitrogens is 2. The van der Waals surface area contributed by atoms with Crippen LogP contribution in [-0.4, -0.2) is 15.9 Å². The Bertz CT molecular complexity index is 800. The normalized spacial score (nSPS) is 10.7. The number of carbonyl (C=O) groups excluding carboxylic acids is 1. The quantitative estimate of drug-likeness (QED) is 0.712. The zero-order valence-corrected chi connectivity index (χ0v) is 13.0. The molecule has 0 aliphatic heterocycles. The van der Waals surface area contributed by atoms with Gasteiger partial charge in [0.1, 0.15) is 10.3 Å². The number of nitrogens with one attached hydrogen (secondary N) is 1. The number of aryl methyl sites for hydroxylation is 1. The fourth-order valence-electron chi connectivity index (χ4n) is 1.78. The molecule has 0 fully saturated rings.